The van der Waals surface area contributed by atoms with Crippen LogP contribution in [-0.2, 0) is 4.79 Å². The van der Waals surface area contributed by atoms with Crippen molar-refractivity contribution in [2.45, 2.75) is 0 Å². The molecule has 0 aromatic carbocycles. The molecule has 0 radical (unpaired) electrons. The van der Waals surface area contributed by atoms with Gasteiger partial charge in [0.15, 0.2) is 0 Å². The Morgan fingerprint density at radius 1 is 1.56 bits per heavy atom. The van der Waals surface area contributed by atoms with Crippen LogP contribution in [0.1, 0.15) is 0 Å². The van der Waals surface area contributed by atoms with E-state index in [1.807, 2.05) is 18.2 Å². The Kier molecular flexibility index (Phi) is 1.83. The molecule has 1 heterocycles. The third-order valence-electron chi connectivity index (χ3n) is 0.967. The van der Waals surface area contributed by atoms with E-state index >= 15 is 0 Å². The lowest BCUT2D eigenvalue weighted by atomic mass is 10.4. The summed E-state index contributed by atoms with van der Waals surface area (Å²) in [5.41, 5.74) is 0. The Morgan fingerprint density at radius 3 is 3.00 bits per heavy atom. The van der Waals surface area contributed by atoms with E-state index in [0.717, 1.165) is 0 Å². The molecule has 46 valence electrons. The molecule has 9 heavy (non-hydrogen) atoms. The molecule has 3 heteroatoms. The average Bonchev–Trinajstić information content (AvgIpc) is 1.91. The second kappa shape index (κ2) is 2.84. The summed E-state index contributed by atoms with van der Waals surface area (Å²) in [6.07, 6.45) is 8.78. The molecule has 0 aliphatic carbocycles. The smallest absolute Gasteiger partial charge is 0.258 e. The van der Waals surface area contributed by atoms with E-state index in [2.05, 4.69) is 5.10 Å². The molecule has 1 aliphatic heterocycles. The molecule has 1 rings (SSSR count). The van der Waals surface area contributed by atoms with Crippen LogP contribution in [0.5, 0.6) is 0 Å². The quantitative estimate of drug-likeness (QED) is 0.377. The first-order chi connectivity index (χ1) is 4.43. The van der Waals surface area contributed by atoms with Gasteiger partial charge in [0.25, 0.3) is 6.08 Å². The molecule has 0 bridgehead atoms. The van der Waals surface area contributed by atoms with Gasteiger partial charge in [0.05, 0.1) is 6.54 Å². The van der Waals surface area contributed by atoms with Gasteiger partial charge in [0.1, 0.15) is 0 Å². The highest BCUT2D eigenvalue weighted by molar-refractivity contribution is 5.32. The second-order valence-electron chi connectivity index (χ2n) is 1.58. The summed E-state index contributed by atoms with van der Waals surface area (Å²) in [5.74, 6) is 0. The lowest BCUT2D eigenvalue weighted by Gasteiger charge is -2.09. The molecule has 0 N–H and O–H groups in total. The molecule has 0 fully saturated rings. The maximum absolute atomic E-state index is 9.68. The Hall–Kier alpha value is -1.34. The van der Waals surface area contributed by atoms with Crippen LogP contribution < -0.4 is 0 Å². The Morgan fingerprint density at radius 2 is 2.44 bits per heavy atom. The number of allylic oxidation sites excluding steroid dienone is 2. The highest BCUT2D eigenvalue weighted by atomic mass is 16.1. The summed E-state index contributed by atoms with van der Waals surface area (Å²) in [7, 11) is 0. The first-order valence-electron chi connectivity index (χ1n) is 2.61. The standard InChI is InChI=1S/C6H6N2O/c9-6-7-8-4-2-1-3-5-8/h1-4H,5H2. The van der Waals surface area contributed by atoms with Crippen molar-refractivity contribution in [2.24, 2.45) is 5.10 Å². The van der Waals surface area contributed by atoms with Gasteiger partial charge >= 0.3 is 0 Å². The summed E-state index contributed by atoms with van der Waals surface area (Å²) < 4.78 is 0. The number of isocyanates is 1. The van der Waals surface area contributed by atoms with Crippen molar-refractivity contribution < 1.29 is 4.79 Å². The minimum atomic E-state index is 0.658. The fourth-order valence-corrected chi connectivity index (χ4v) is 0.584. The largest absolute Gasteiger partial charge is 0.258 e. The van der Waals surface area contributed by atoms with Crippen molar-refractivity contribution in [1.82, 2.24) is 5.01 Å². The maximum atomic E-state index is 9.68. The third-order valence-corrected chi connectivity index (χ3v) is 0.967. The number of hydrazone groups is 1. The fourth-order valence-electron chi connectivity index (χ4n) is 0.584. The molecular weight excluding hydrogens is 116 g/mol. The molecule has 0 amide bonds. The van der Waals surface area contributed by atoms with Gasteiger partial charge in [-0.25, -0.2) is 4.79 Å². The molecule has 0 saturated carbocycles. The molecule has 1 aliphatic rings. The number of rotatable bonds is 1. The van der Waals surface area contributed by atoms with E-state index < -0.39 is 0 Å². The first kappa shape index (κ1) is 5.79. The van der Waals surface area contributed by atoms with E-state index in [0.29, 0.717) is 6.54 Å². The van der Waals surface area contributed by atoms with Crippen LogP contribution in [0, 0.1) is 0 Å². The van der Waals surface area contributed by atoms with Crippen LogP contribution in [0.2, 0.25) is 0 Å². The number of hydrogen-bond donors (Lipinski definition) is 0. The Labute approximate surface area is 53.0 Å². The van der Waals surface area contributed by atoms with Crippen molar-refractivity contribution in [3.63, 3.8) is 0 Å². The zero-order valence-electron chi connectivity index (χ0n) is 4.82. The Bertz CT molecular complexity index is 189. The van der Waals surface area contributed by atoms with Gasteiger partial charge in [0.2, 0.25) is 0 Å². The van der Waals surface area contributed by atoms with Gasteiger partial charge in [-0.3, -0.25) is 5.01 Å². The van der Waals surface area contributed by atoms with Crippen molar-refractivity contribution >= 4 is 6.08 Å². The third kappa shape index (κ3) is 1.55. The minimum absolute atomic E-state index is 0.658. The molecule has 0 spiro atoms. The predicted molar refractivity (Wildman–Crippen MR) is 33.1 cm³/mol. The molecule has 0 atom stereocenters. The van der Waals surface area contributed by atoms with Crippen LogP contribution >= 0.6 is 0 Å². The van der Waals surface area contributed by atoms with Gasteiger partial charge < -0.3 is 0 Å². The van der Waals surface area contributed by atoms with Crippen LogP contribution in [0.25, 0.3) is 0 Å². The van der Waals surface area contributed by atoms with E-state index in [4.69, 9.17) is 0 Å². The van der Waals surface area contributed by atoms with Crippen LogP contribution in [0.3, 0.4) is 0 Å². The highest BCUT2D eigenvalue weighted by Crippen LogP contribution is 1.96. The van der Waals surface area contributed by atoms with Gasteiger partial charge in [0, 0.05) is 6.20 Å². The summed E-state index contributed by atoms with van der Waals surface area (Å²) in [6, 6.07) is 0. The number of hydrogen-bond acceptors (Lipinski definition) is 3. The minimum Gasteiger partial charge on any atom is -0.258 e. The van der Waals surface area contributed by atoms with Gasteiger partial charge in [-0.2, -0.15) is 0 Å². The van der Waals surface area contributed by atoms with Crippen molar-refractivity contribution in [3.8, 4) is 0 Å². The lowest BCUT2D eigenvalue weighted by molar-refractivity contribution is 0.430. The first-order valence-corrected chi connectivity index (χ1v) is 2.61. The molecule has 0 unspecified atom stereocenters. The summed E-state index contributed by atoms with van der Waals surface area (Å²) in [5, 5.41) is 4.88. The van der Waals surface area contributed by atoms with Gasteiger partial charge in [-0.15, -0.1) is 0 Å². The summed E-state index contributed by atoms with van der Waals surface area (Å²) >= 11 is 0. The molecule has 3 nitrogen and oxygen atoms in total. The molecule has 0 aromatic heterocycles. The van der Waals surface area contributed by atoms with Crippen LogP contribution in [0.15, 0.2) is 29.5 Å². The van der Waals surface area contributed by atoms with E-state index in [9.17, 15) is 4.79 Å². The van der Waals surface area contributed by atoms with E-state index in [1.54, 1.807) is 6.20 Å². The predicted octanol–water partition coefficient (Wildman–Crippen LogP) is 0.623. The normalized spacial score (nSPS) is 15.3. The maximum Gasteiger partial charge on any atom is 0.258 e. The zero-order valence-corrected chi connectivity index (χ0v) is 4.82. The highest BCUT2D eigenvalue weighted by Gasteiger charge is 1.92. The fraction of sp³-hybridized carbons (Fsp3) is 0.167. The number of carbonyl (C=O) groups excluding carboxylic acids is 1. The summed E-state index contributed by atoms with van der Waals surface area (Å²) in [6.45, 7) is 0.658. The van der Waals surface area contributed by atoms with Crippen LogP contribution in [-0.4, -0.2) is 17.6 Å². The van der Waals surface area contributed by atoms with E-state index in [1.165, 1.54) is 11.1 Å². The van der Waals surface area contributed by atoms with E-state index in [-0.39, 0.29) is 0 Å². The molecule has 0 aromatic rings. The topological polar surface area (TPSA) is 32.7 Å². The lowest BCUT2D eigenvalue weighted by Crippen LogP contribution is -2.10. The van der Waals surface area contributed by atoms with Gasteiger partial charge in [-0.1, -0.05) is 17.3 Å². The molecule has 0 saturated heterocycles. The van der Waals surface area contributed by atoms with Crippen molar-refractivity contribution in [1.29, 1.82) is 0 Å². The average molecular weight is 122 g/mol. The van der Waals surface area contributed by atoms with Crippen molar-refractivity contribution in [2.75, 3.05) is 6.54 Å². The summed E-state index contributed by atoms with van der Waals surface area (Å²) in [4.78, 5) is 9.68. The SMILES string of the molecule is O=C=NN1C=CC=CC1. The monoisotopic (exact) mass is 122 g/mol. The number of nitrogens with zero attached hydrogens (tertiary/aromatic N) is 2. The van der Waals surface area contributed by atoms with Crippen molar-refractivity contribution in [3.05, 3.63) is 24.4 Å². The zero-order chi connectivity index (χ0) is 6.53. The van der Waals surface area contributed by atoms with Crippen LogP contribution in [0.4, 0.5) is 0 Å². The van der Waals surface area contributed by atoms with Gasteiger partial charge in [-0.05, 0) is 6.08 Å². The Balaban J connectivity index is 2.55. The molecular formula is C6H6N2O. The second-order valence-corrected chi connectivity index (χ2v) is 1.58.